The van der Waals surface area contributed by atoms with Gasteiger partial charge in [0.1, 0.15) is 17.6 Å². The molecule has 0 aliphatic carbocycles. The molecule has 32 heavy (non-hydrogen) atoms. The van der Waals surface area contributed by atoms with Crippen LogP contribution in [0.3, 0.4) is 0 Å². The Bertz CT molecular complexity index is 1080. The third-order valence-corrected chi connectivity index (χ3v) is 6.91. The third-order valence-electron chi connectivity index (χ3n) is 5.51. The highest BCUT2D eigenvalue weighted by molar-refractivity contribution is 7.90. The minimum absolute atomic E-state index is 0.0662. The van der Waals surface area contributed by atoms with E-state index in [1.54, 1.807) is 18.2 Å². The van der Waals surface area contributed by atoms with Crippen LogP contribution in [0.4, 0.5) is 0 Å². The molecule has 1 amide bonds. The van der Waals surface area contributed by atoms with Crippen LogP contribution in [0, 0.1) is 5.92 Å². The highest BCUT2D eigenvalue weighted by Crippen LogP contribution is 2.24. The third kappa shape index (κ3) is 5.68. The fraction of sp³-hybridized carbons (Fsp3) is 0.417. The van der Waals surface area contributed by atoms with E-state index in [9.17, 15) is 13.2 Å². The lowest BCUT2D eigenvalue weighted by Crippen LogP contribution is -2.38. The molecule has 0 unspecified atom stereocenters. The van der Waals surface area contributed by atoms with Crippen molar-refractivity contribution in [2.24, 2.45) is 10.9 Å². The minimum atomic E-state index is -3.65. The van der Waals surface area contributed by atoms with Gasteiger partial charge < -0.3 is 10.1 Å². The van der Waals surface area contributed by atoms with E-state index in [0.717, 1.165) is 30.6 Å². The molecular weight excluding hydrogens is 426 g/mol. The molecule has 7 nitrogen and oxygen atoms in total. The summed E-state index contributed by atoms with van der Waals surface area (Å²) in [6, 6.07) is 13.6. The van der Waals surface area contributed by atoms with E-state index in [0.29, 0.717) is 18.7 Å². The number of carbonyl (C=O) groups is 1. The van der Waals surface area contributed by atoms with Gasteiger partial charge in [0.15, 0.2) is 0 Å². The van der Waals surface area contributed by atoms with Gasteiger partial charge in [0.25, 0.3) is 10.0 Å². The van der Waals surface area contributed by atoms with E-state index in [1.165, 1.54) is 6.07 Å². The molecule has 1 aliphatic heterocycles. The Labute approximate surface area is 190 Å². The van der Waals surface area contributed by atoms with Crippen molar-refractivity contribution in [3.63, 3.8) is 0 Å². The summed E-state index contributed by atoms with van der Waals surface area (Å²) in [5.74, 6) is 0.685. The van der Waals surface area contributed by atoms with Crippen LogP contribution in [0.2, 0.25) is 0 Å². The van der Waals surface area contributed by atoms with Crippen molar-refractivity contribution in [3.8, 4) is 5.75 Å². The van der Waals surface area contributed by atoms with Gasteiger partial charge in [-0.3, -0.25) is 14.5 Å². The molecule has 2 N–H and O–H groups in total. The number of rotatable bonds is 10. The first-order chi connectivity index (χ1) is 15.4. The van der Waals surface area contributed by atoms with Crippen LogP contribution >= 0.6 is 0 Å². The van der Waals surface area contributed by atoms with Gasteiger partial charge in [-0.05, 0) is 42.2 Å². The number of aliphatic imine (C=N–C) groups is 1. The van der Waals surface area contributed by atoms with Crippen molar-refractivity contribution in [2.45, 2.75) is 57.5 Å². The predicted molar refractivity (Wildman–Crippen MR) is 125 cm³/mol. The number of carbonyl (C=O) groups excluding carboxylic acids is 1. The van der Waals surface area contributed by atoms with E-state index in [2.05, 4.69) is 22.0 Å². The van der Waals surface area contributed by atoms with Crippen molar-refractivity contribution >= 4 is 21.8 Å². The number of nitrogens with one attached hydrogen (secondary N) is 2. The number of ether oxygens (including phenoxy) is 1. The maximum atomic E-state index is 13.0. The van der Waals surface area contributed by atoms with Crippen LogP contribution in [0.1, 0.15) is 51.2 Å². The molecule has 0 spiro atoms. The summed E-state index contributed by atoms with van der Waals surface area (Å²) in [4.78, 5) is 17.8. The molecule has 0 bridgehead atoms. The number of sulfonamides is 1. The highest BCUT2D eigenvalue weighted by atomic mass is 32.2. The molecule has 0 radical (unpaired) electrons. The topological polar surface area (TPSA) is 96.9 Å². The Morgan fingerprint density at radius 2 is 1.94 bits per heavy atom. The fourth-order valence-corrected chi connectivity index (χ4v) is 4.65. The van der Waals surface area contributed by atoms with Gasteiger partial charge in [-0.15, -0.1) is 0 Å². The van der Waals surface area contributed by atoms with Gasteiger partial charge in [-0.1, -0.05) is 57.9 Å². The maximum Gasteiger partial charge on any atom is 0.263 e. The number of unbranched alkanes of at least 4 members (excludes halogenated alkanes) is 1. The monoisotopic (exact) mass is 457 g/mol. The Morgan fingerprint density at radius 1 is 1.16 bits per heavy atom. The molecule has 0 fully saturated rings. The van der Waals surface area contributed by atoms with Gasteiger partial charge in [-0.2, -0.15) is 0 Å². The van der Waals surface area contributed by atoms with E-state index in [-0.39, 0.29) is 22.6 Å². The zero-order valence-electron chi connectivity index (χ0n) is 18.8. The molecule has 0 saturated carbocycles. The SMILES string of the molecule is CCCCOc1cccc(CNC(=O)[C@@H](N=C2NS(=O)(=O)c3ccccc32)[C@@H](C)CC)c1. The van der Waals surface area contributed by atoms with Crippen molar-refractivity contribution in [2.75, 3.05) is 6.61 Å². The van der Waals surface area contributed by atoms with Crippen molar-refractivity contribution < 1.29 is 17.9 Å². The number of fused-ring (bicyclic) bond motifs is 1. The largest absolute Gasteiger partial charge is 0.494 e. The Balaban J connectivity index is 1.75. The van der Waals surface area contributed by atoms with Gasteiger partial charge in [0.2, 0.25) is 5.91 Å². The van der Waals surface area contributed by atoms with E-state index in [1.807, 2.05) is 38.1 Å². The summed E-state index contributed by atoms with van der Waals surface area (Å²) < 4.78 is 33.0. The highest BCUT2D eigenvalue weighted by Gasteiger charge is 2.33. The number of amides is 1. The summed E-state index contributed by atoms with van der Waals surface area (Å²) in [7, 11) is -3.65. The molecule has 2 atom stereocenters. The molecule has 1 heterocycles. The minimum Gasteiger partial charge on any atom is -0.494 e. The van der Waals surface area contributed by atoms with Crippen LogP contribution in [0.25, 0.3) is 0 Å². The average molecular weight is 458 g/mol. The van der Waals surface area contributed by atoms with Gasteiger partial charge in [0.05, 0.1) is 11.5 Å². The molecule has 172 valence electrons. The lowest BCUT2D eigenvalue weighted by molar-refractivity contribution is -0.123. The molecule has 0 aromatic heterocycles. The molecule has 0 saturated heterocycles. The van der Waals surface area contributed by atoms with Crippen LogP contribution in [-0.4, -0.2) is 32.8 Å². The molecule has 8 heteroatoms. The van der Waals surface area contributed by atoms with Crippen LogP contribution in [0.15, 0.2) is 58.4 Å². The van der Waals surface area contributed by atoms with Crippen LogP contribution < -0.4 is 14.8 Å². The second-order valence-corrected chi connectivity index (χ2v) is 9.63. The normalized spacial score (nSPS) is 17.3. The lowest BCUT2D eigenvalue weighted by Gasteiger charge is -2.19. The molecular formula is C24H31N3O4S. The van der Waals surface area contributed by atoms with Crippen molar-refractivity contribution in [3.05, 3.63) is 59.7 Å². The Hall–Kier alpha value is -2.87. The van der Waals surface area contributed by atoms with Gasteiger partial charge >= 0.3 is 0 Å². The summed E-state index contributed by atoms with van der Waals surface area (Å²) >= 11 is 0. The molecule has 2 aromatic rings. The van der Waals surface area contributed by atoms with E-state index >= 15 is 0 Å². The van der Waals surface area contributed by atoms with E-state index in [4.69, 9.17) is 4.74 Å². The Kier molecular flexibility index (Phi) is 7.90. The zero-order valence-corrected chi connectivity index (χ0v) is 19.6. The standard InChI is InChI=1S/C24H31N3O4S/c1-4-6-14-31-19-11-9-10-18(15-19)16-25-24(28)22(17(3)5-2)26-23-20-12-7-8-13-21(20)32(29,30)27-23/h7-13,15,17,22H,4-6,14,16H2,1-3H3,(H,25,28)(H,26,27)/t17-,22-/m0/s1. The number of amidine groups is 1. The van der Waals surface area contributed by atoms with Crippen LogP contribution in [-0.2, 0) is 21.4 Å². The first-order valence-electron chi connectivity index (χ1n) is 11.0. The number of benzene rings is 2. The average Bonchev–Trinajstić information content (AvgIpc) is 3.06. The quantitative estimate of drug-likeness (QED) is 0.533. The summed E-state index contributed by atoms with van der Waals surface area (Å²) in [6.45, 7) is 7.03. The number of nitrogens with zero attached hydrogens (tertiary/aromatic N) is 1. The molecule has 2 aromatic carbocycles. The van der Waals surface area contributed by atoms with E-state index < -0.39 is 16.1 Å². The molecule has 1 aliphatic rings. The first kappa shape index (κ1) is 23.8. The summed E-state index contributed by atoms with van der Waals surface area (Å²) in [6.07, 6.45) is 2.78. The predicted octanol–water partition coefficient (Wildman–Crippen LogP) is 3.64. The van der Waals surface area contributed by atoms with Gasteiger partial charge in [0, 0.05) is 12.1 Å². The second-order valence-electron chi connectivity index (χ2n) is 7.98. The van der Waals surface area contributed by atoms with Crippen molar-refractivity contribution in [1.29, 1.82) is 0 Å². The second kappa shape index (κ2) is 10.6. The van der Waals surface area contributed by atoms with Crippen LogP contribution in [0.5, 0.6) is 5.75 Å². The number of hydrogen-bond acceptors (Lipinski definition) is 5. The summed E-state index contributed by atoms with van der Waals surface area (Å²) in [5.41, 5.74) is 1.42. The molecule has 3 rings (SSSR count). The lowest BCUT2D eigenvalue weighted by atomic mass is 9.98. The summed E-state index contributed by atoms with van der Waals surface area (Å²) in [5, 5.41) is 2.95. The smallest absolute Gasteiger partial charge is 0.263 e. The van der Waals surface area contributed by atoms with Gasteiger partial charge in [-0.25, -0.2) is 8.42 Å². The Morgan fingerprint density at radius 3 is 2.69 bits per heavy atom. The zero-order chi connectivity index (χ0) is 23.1. The maximum absolute atomic E-state index is 13.0. The van der Waals surface area contributed by atoms with Crippen molar-refractivity contribution in [1.82, 2.24) is 10.0 Å². The number of hydrogen-bond donors (Lipinski definition) is 2. The fourth-order valence-electron chi connectivity index (χ4n) is 3.41. The first-order valence-corrected chi connectivity index (χ1v) is 12.5.